The van der Waals surface area contributed by atoms with Crippen LogP contribution in [-0.4, -0.2) is 17.7 Å². The molecule has 0 aliphatic rings. The smallest absolute Gasteiger partial charge is 0.337 e. The van der Waals surface area contributed by atoms with E-state index in [9.17, 15) is 4.79 Å². The van der Waals surface area contributed by atoms with Crippen LogP contribution in [0, 0.1) is 0 Å². The van der Waals surface area contributed by atoms with Gasteiger partial charge in [0.05, 0.1) is 17.2 Å². The van der Waals surface area contributed by atoms with Crippen LogP contribution in [0.2, 0.25) is 5.02 Å². The van der Waals surface area contributed by atoms with Crippen molar-refractivity contribution in [1.82, 2.24) is 0 Å². The molecule has 5 heteroatoms. The van der Waals surface area contributed by atoms with Gasteiger partial charge in [-0.25, -0.2) is 4.79 Å². The first-order valence-corrected chi connectivity index (χ1v) is 6.42. The summed E-state index contributed by atoms with van der Waals surface area (Å²) < 4.78 is 11.1. The maximum absolute atomic E-state index is 10.9. The molecule has 0 fully saturated rings. The third-order valence-electron chi connectivity index (χ3n) is 2.55. The van der Waals surface area contributed by atoms with E-state index in [0.717, 1.165) is 0 Å². The van der Waals surface area contributed by atoms with Gasteiger partial charge >= 0.3 is 5.97 Å². The maximum atomic E-state index is 10.9. The van der Waals surface area contributed by atoms with E-state index in [1.807, 2.05) is 19.1 Å². The number of carboxylic acids is 1. The molecular formula is C15H13ClO4. The minimum Gasteiger partial charge on any atom is -0.490 e. The van der Waals surface area contributed by atoms with Gasteiger partial charge in [0.15, 0.2) is 11.5 Å². The van der Waals surface area contributed by atoms with Crippen molar-refractivity contribution in [1.29, 1.82) is 0 Å². The van der Waals surface area contributed by atoms with Crippen LogP contribution >= 0.6 is 11.6 Å². The number of hydrogen-bond acceptors (Lipinski definition) is 3. The number of halogens is 1. The molecule has 0 saturated heterocycles. The zero-order chi connectivity index (χ0) is 14.5. The van der Waals surface area contributed by atoms with Crippen LogP contribution in [0.25, 0.3) is 0 Å². The Kier molecular flexibility index (Phi) is 4.48. The molecule has 0 aromatic heterocycles. The van der Waals surface area contributed by atoms with E-state index >= 15 is 0 Å². The zero-order valence-corrected chi connectivity index (χ0v) is 11.6. The molecule has 0 atom stereocenters. The Labute approximate surface area is 121 Å². The fraction of sp³-hybridized carbons (Fsp3) is 0.133. The van der Waals surface area contributed by atoms with Crippen LogP contribution < -0.4 is 9.47 Å². The Morgan fingerprint density at radius 1 is 1.20 bits per heavy atom. The number of carbonyl (C=O) groups is 1. The van der Waals surface area contributed by atoms with Gasteiger partial charge in [-0.05, 0) is 31.2 Å². The van der Waals surface area contributed by atoms with Gasteiger partial charge in [0, 0.05) is 6.07 Å². The molecular weight excluding hydrogens is 280 g/mol. The summed E-state index contributed by atoms with van der Waals surface area (Å²) in [4.78, 5) is 10.9. The molecule has 0 radical (unpaired) electrons. The van der Waals surface area contributed by atoms with Crippen LogP contribution in [-0.2, 0) is 0 Å². The van der Waals surface area contributed by atoms with E-state index in [2.05, 4.69) is 0 Å². The summed E-state index contributed by atoms with van der Waals surface area (Å²) in [6, 6.07) is 11.7. The number of para-hydroxylation sites is 2. The Hall–Kier alpha value is -2.20. The molecule has 4 nitrogen and oxygen atoms in total. The highest BCUT2D eigenvalue weighted by atomic mass is 35.5. The van der Waals surface area contributed by atoms with Gasteiger partial charge in [0.1, 0.15) is 5.75 Å². The lowest BCUT2D eigenvalue weighted by molar-refractivity contribution is 0.0697. The van der Waals surface area contributed by atoms with E-state index in [0.29, 0.717) is 23.9 Å². The molecule has 0 heterocycles. The number of aromatic carboxylic acids is 1. The second-order valence-electron chi connectivity index (χ2n) is 3.93. The summed E-state index contributed by atoms with van der Waals surface area (Å²) in [5.74, 6) is 0.547. The second kappa shape index (κ2) is 6.30. The van der Waals surface area contributed by atoms with E-state index in [1.54, 1.807) is 18.2 Å². The first-order valence-electron chi connectivity index (χ1n) is 6.04. The van der Waals surface area contributed by atoms with Crippen LogP contribution in [0.1, 0.15) is 17.3 Å². The highest BCUT2D eigenvalue weighted by Gasteiger charge is 2.11. The van der Waals surface area contributed by atoms with Crippen molar-refractivity contribution in [2.75, 3.05) is 6.61 Å². The summed E-state index contributed by atoms with van der Waals surface area (Å²) in [7, 11) is 0. The highest BCUT2D eigenvalue weighted by molar-refractivity contribution is 6.33. The van der Waals surface area contributed by atoms with Crippen molar-refractivity contribution < 1.29 is 19.4 Å². The Bertz CT molecular complexity index is 625. The van der Waals surface area contributed by atoms with Gasteiger partial charge < -0.3 is 14.6 Å². The summed E-state index contributed by atoms with van der Waals surface area (Å²) >= 11 is 5.90. The molecule has 0 aliphatic carbocycles. The second-order valence-corrected chi connectivity index (χ2v) is 4.34. The fourth-order valence-electron chi connectivity index (χ4n) is 1.67. The first kappa shape index (κ1) is 14.2. The van der Waals surface area contributed by atoms with Crippen molar-refractivity contribution in [2.45, 2.75) is 6.92 Å². The van der Waals surface area contributed by atoms with Gasteiger partial charge in [-0.15, -0.1) is 0 Å². The molecule has 0 aliphatic heterocycles. The van der Waals surface area contributed by atoms with Crippen molar-refractivity contribution in [3.05, 3.63) is 53.1 Å². The molecule has 104 valence electrons. The average molecular weight is 293 g/mol. The minimum absolute atomic E-state index is 0.0390. The monoisotopic (exact) mass is 292 g/mol. The molecule has 0 unspecified atom stereocenters. The molecule has 20 heavy (non-hydrogen) atoms. The minimum atomic E-state index is -1.07. The molecule has 0 saturated carbocycles. The molecule has 0 bridgehead atoms. The summed E-state index contributed by atoms with van der Waals surface area (Å²) in [5, 5.41) is 9.04. The average Bonchev–Trinajstić information content (AvgIpc) is 2.41. The van der Waals surface area contributed by atoms with E-state index < -0.39 is 5.97 Å². The lowest BCUT2D eigenvalue weighted by Crippen LogP contribution is -1.98. The number of benzene rings is 2. The summed E-state index contributed by atoms with van der Waals surface area (Å²) in [6.45, 7) is 2.41. The molecule has 0 amide bonds. The van der Waals surface area contributed by atoms with Crippen LogP contribution in [0.15, 0.2) is 42.5 Å². The molecule has 1 N–H and O–H groups in total. The van der Waals surface area contributed by atoms with Gasteiger partial charge in [0.2, 0.25) is 0 Å². The fourth-order valence-corrected chi connectivity index (χ4v) is 1.92. The van der Waals surface area contributed by atoms with Crippen molar-refractivity contribution >= 4 is 17.6 Å². The van der Waals surface area contributed by atoms with Gasteiger partial charge in [-0.3, -0.25) is 0 Å². The third-order valence-corrected chi connectivity index (χ3v) is 2.86. The number of ether oxygens (including phenoxy) is 2. The van der Waals surface area contributed by atoms with E-state index in [4.69, 9.17) is 26.2 Å². The topological polar surface area (TPSA) is 55.8 Å². The summed E-state index contributed by atoms with van der Waals surface area (Å²) in [6.07, 6.45) is 0. The lowest BCUT2D eigenvalue weighted by atomic mass is 10.2. The molecule has 2 aromatic carbocycles. The molecule has 2 aromatic rings. The normalized spacial score (nSPS) is 10.1. The number of rotatable bonds is 5. The summed E-state index contributed by atoms with van der Waals surface area (Å²) in [5.41, 5.74) is 0.0390. The first-order chi connectivity index (χ1) is 9.61. The predicted molar refractivity (Wildman–Crippen MR) is 76.1 cm³/mol. The largest absolute Gasteiger partial charge is 0.490 e. The van der Waals surface area contributed by atoms with Gasteiger partial charge in [-0.2, -0.15) is 0 Å². The molecule has 2 rings (SSSR count). The predicted octanol–water partition coefficient (Wildman–Crippen LogP) is 4.23. The van der Waals surface area contributed by atoms with E-state index in [-0.39, 0.29) is 10.6 Å². The Morgan fingerprint density at radius 3 is 2.50 bits per heavy atom. The van der Waals surface area contributed by atoms with Crippen LogP contribution in [0.3, 0.4) is 0 Å². The van der Waals surface area contributed by atoms with Crippen LogP contribution in [0.5, 0.6) is 17.2 Å². The number of hydrogen-bond donors (Lipinski definition) is 1. The van der Waals surface area contributed by atoms with Gasteiger partial charge in [-0.1, -0.05) is 23.7 Å². The highest BCUT2D eigenvalue weighted by Crippen LogP contribution is 2.33. The SMILES string of the molecule is CCOc1ccccc1Oc1ccc(C(=O)O)c(Cl)c1. The Balaban J connectivity index is 2.26. The zero-order valence-electron chi connectivity index (χ0n) is 10.8. The van der Waals surface area contributed by atoms with Crippen molar-refractivity contribution in [2.24, 2.45) is 0 Å². The quantitative estimate of drug-likeness (QED) is 0.896. The van der Waals surface area contributed by atoms with Crippen molar-refractivity contribution in [3.63, 3.8) is 0 Å². The van der Waals surface area contributed by atoms with E-state index in [1.165, 1.54) is 12.1 Å². The standard InChI is InChI=1S/C15H13ClO4/c1-2-19-13-5-3-4-6-14(13)20-10-7-8-11(15(17)18)12(16)9-10/h3-9H,2H2,1H3,(H,17,18). The Morgan fingerprint density at radius 2 is 1.90 bits per heavy atom. The van der Waals surface area contributed by atoms with Crippen molar-refractivity contribution in [3.8, 4) is 17.2 Å². The number of carboxylic acid groups (broad SMARTS) is 1. The lowest BCUT2D eigenvalue weighted by Gasteiger charge is -2.11. The van der Waals surface area contributed by atoms with Gasteiger partial charge in [0.25, 0.3) is 0 Å². The maximum Gasteiger partial charge on any atom is 0.337 e. The third kappa shape index (κ3) is 3.22. The molecule has 0 spiro atoms. The van der Waals surface area contributed by atoms with Crippen LogP contribution in [0.4, 0.5) is 0 Å².